The van der Waals surface area contributed by atoms with Crippen molar-refractivity contribution in [3.63, 3.8) is 0 Å². The molecular weight excluding hydrogens is 517 g/mol. The van der Waals surface area contributed by atoms with Crippen LogP contribution in [0.5, 0.6) is 5.75 Å². The van der Waals surface area contributed by atoms with Gasteiger partial charge in [0.2, 0.25) is 5.76 Å². The zero-order chi connectivity index (χ0) is 25.2. The number of aliphatic carboxylic acids is 1. The molecule has 0 amide bonds. The summed E-state index contributed by atoms with van der Waals surface area (Å²) in [6.07, 6.45) is 9.80. The molecule has 1 radical (unpaired) electrons. The molecular formula is C28H40N2O4Y-2. The SMILES string of the molecule is CCCCCCC[NH-].CCCCOc1cc(/C=C(\OC)C(=O)O)ccc1-c1cccc([N-]C)c1.[Y]. The van der Waals surface area contributed by atoms with E-state index in [2.05, 4.69) is 19.2 Å². The number of benzene rings is 2. The Hall–Kier alpha value is -1.89. The molecule has 0 unspecified atom stereocenters. The van der Waals surface area contributed by atoms with E-state index >= 15 is 0 Å². The molecule has 0 aliphatic heterocycles. The van der Waals surface area contributed by atoms with E-state index in [1.807, 2.05) is 42.5 Å². The Balaban J connectivity index is 0.00000111. The number of carboxylic acid groups (broad SMARTS) is 1. The Kier molecular flexibility index (Phi) is 19.2. The molecule has 0 fully saturated rings. The van der Waals surface area contributed by atoms with Crippen molar-refractivity contribution in [1.29, 1.82) is 0 Å². The first-order valence-corrected chi connectivity index (χ1v) is 12.1. The number of carbonyl (C=O) groups is 1. The second-order valence-corrected chi connectivity index (χ2v) is 7.91. The number of methoxy groups -OCH3 is 1. The fourth-order valence-electron chi connectivity index (χ4n) is 3.21. The van der Waals surface area contributed by atoms with Gasteiger partial charge in [-0.1, -0.05) is 88.8 Å². The topological polar surface area (TPSA) is 93.7 Å². The van der Waals surface area contributed by atoms with E-state index in [9.17, 15) is 4.79 Å². The van der Waals surface area contributed by atoms with E-state index in [0.29, 0.717) is 24.5 Å². The third kappa shape index (κ3) is 13.1. The van der Waals surface area contributed by atoms with E-state index in [-0.39, 0.29) is 38.5 Å². The summed E-state index contributed by atoms with van der Waals surface area (Å²) in [5.74, 6) is -0.521. The molecule has 35 heavy (non-hydrogen) atoms. The van der Waals surface area contributed by atoms with Crippen LogP contribution in [0.1, 0.15) is 64.4 Å². The summed E-state index contributed by atoms with van der Waals surface area (Å²) in [5.41, 5.74) is 10.4. The molecule has 0 aliphatic rings. The van der Waals surface area contributed by atoms with E-state index < -0.39 is 5.97 Å². The largest absolute Gasteiger partial charge is 0.687 e. The monoisotopic (exact) mass is 557 g/mol. The molecule has 2 aromatic rings. The van der Waals surface area contributed by atoms with E-state index in [4.69, 9.17) is 20.3 Å². The van der Waals surface area contributed by atoms with Crippen molar-refractivity contribution in [3.05, 3.63) is 64.8 Å². The molecule has 0 saturated heterocycles. The van der Waals surface area contributed by atoms with Crippen LogP contribution in [0.2, 0.25) is 0 Å². The summed E-state index contributed by atoms with van der Waals surface area (Å²) in [7, 11) is 3.09. The van der Waals surface area contributed by atoms with Gasteiger partial charge >= 0.3 is 5.97 Å². The second kappa shape index (κ2) is 20.3. The van der Waals surface area contributed by atoms with Crippen LogP contribution < -0.4 is 4.74 Å². The number of rotatable bonds is 14. The van der Waals surface area contributed by atoms with Gasteiger partial charge in [-0.15, -0.1) is 12.7 Å². The Morgan fingerprint density at radius 2 is 1.74 bits per heavy atom. The Bertz CT molecular complexity index is 881. The van der Waals surface area contributed by atoms with Gasteiger partial charge in [-0.2, -0.15) is 6.54 Å². The maximum absolute atomic E-state index is 11.2. The van der Waals surface area contributed by atoms with Crippen LogP contribution in [-0.2, 0) is 42.2 Å². The number of nitrogens with one attached hydrogen (secondary N) is 1. The molecule has 0 heterocycles. The van der Waals surface area contributed by atoms with Gasteiger partial charge in [0.15, 0.2) is 0 Å². The van der Waals surface area contributed by atoms with Crippen molar-refractivity contribution < 1.29 is 52.1 Å². The molecule has 0 spiro atoms. The molecule has 2 aromatic carbocycles. The van der Waals surface area contributed by atoms with Gasteiger partial charge in [-0.25, -0.2) is 4.79 Å². The predicted molar refractivity (Wildman–Crippen MR) is 142 cm³/mol. The minimum atomic E-state index is -1.11. The minimum Gasteiger partial charge on any atom is -0.687 e. The van der Waals surface area contributed by atoms with Gasteiger partial charge < -0.3 is 25.6 Å². The summed E-state index contributed by atoms with van der Waals surface area (Å²) < 4.78 is 10.9. The van der Waals surface area contributed by atoms with Crippen LogP contribution >= 0.6 is 0 Å². The van der Waals surface area contributed by atoms with Crippen molar-refractivity contribution in [1.82, 2.24) is 0 Å². The number of ether oxygens (including phenoxy) is 2. The normalized spacial score (nSPS) is 10.5. The van der Waals surface area contributed by atoms with Gasteiger partial charge in [0.25, 0.3) is 0 Å². The fourth-order valence-corrected chi connectivity index (χ4v) is 3.21. The predicted octanol–water partition coefficient (Wildman–Crippen LogP) is 8.25. The van der Waals surface area contributed by atoms with Crippen LogP contribution in [0.4, 0.5) is 5.69 Å². The molecule has 0 bridgehead atoms. The van der Waals surface area contributed by atoms with Crippen molar-refractivity contribution in [3.8, 4) is 16.9 Å². The molecule has 191 valence electrons. The van der Waals surface area contributed by atoms with Crippen LogP contribution in [0, 0.1) is 0 Å². The zero-order valence-electron chi connectivity index (χ0n) is 21.7. The summed E-state index contributed by atoms with van der Waals surface area (Å²) in [5, 5.41) is 13.3. The standard InChI is InChI=1S/C21H24NO4.C7H16N.Y/c1-4-5-11-26-19-12-15(13-20(25-3)21(23)24)9-10-18(19)16-7-6-8-17(14-16)22-2;1-2-3-4-5-6-7-8;/h6-10,12-14H,4-5,11H2,1-3H3,(H,23,24);8H,2-7H2,1H3;/q2*-1;/b20-13-;;. The quantitative estimate of drug-likeness (QED) is 0.144. The average molecular weight is 558 g/mol. The third-order valence-electron chi connectivity index (χ3n) is 5.19. The van der Waals surface area contributed by atoms with Gasteiger partial charge in [-0.3, -0.25) is 0 Å². The van der Waals surface area contributed by atoms with E-state index in [1.165, 1.54) is 38.9 Å². The number of nitrogens with zero attached hydrogens (tertiary/aromatic N) is 1. The third-order valence-corrected chi connectivity index (χ3v) is 5.19. The molecule has 0 saturated carbocycles. The van der Waals surface area contributed by atoms with Crippen molar-refractivity contribution in [2.24, 2.45) is 0 Å². The van der Waals surface area contributed by atoms with Crippen molar-refractivity contribution in [2.75, 3.05) is 27.3 Å². The first-order valence-electron chi connectivity index (χ1n) is 12.1. The first kappa shape index (κ1) is 33.1. The smallest absolute Gasteiger partial charge is 0.371 e. The van der Waals surface area contributed by atoms with Crippen LogP contribution in [-0.4, -0.2) is 38.4 Å². The minimum absolute atomic E-state index is 0. The van der Waals surface area contributed by atoms with Gasteiger partial charge in [-0.05, 0) is 29.7 Å². The number of carboxylic acids is 1. The Labute approximate surface area is 236 Å². The molecule has 0 atom stereocenters. The second-order valence-electron chi connectivity index (χ2n) is 7.91. The van der Waals surface area contributed by atoms with E-state index in [1.54, 1.807) is 7.05 Å². The Morgan fingerprint density at radius 3 is 2.34 bits per heavy atom. The van der Waals surface area contributed by atoms with Crippen LogP contribution in [0.15, 0.2) is 48.2 Å². The summed E-state index contributed by atoms with van der Waals surface area (Å²) in [4.78, 5) is 11.2. The molecule has 7 heteroatoms. The summed E-state index contributed by atoms with van der Waals surface area (Å²) >= 11 is 0. The van der Waals surface area contributed by atoms with Crippen molar-refractivity contribution >= 4 is 17.7 Å². The zero-order valence-corrected chi connectivity index (χ0v) is 24.5. The molecule has 0 aromatic heterocycles. The number of unbranched alkanes of at least 4 members (excludes halogenated alkanes) is 5. The Morgan fingerprint density at radius 1 is 1.03 bits per heavy atom. The first-order chi connectivity index (χ1) is 16.5. The van der Waals surface area contributed by atoms with Crippen molar-refractivity contribution in [2.45, 2.75) is 58.8 Å². The van der Waals surface area contributed by atoms with E-state index in [0.717, 1.165) is 36.1 Å². The fraction of sp³-hybridized carbons (Fsp3) is 0.464. The van der Waals surface area contributed by atoms with Crippen LogP contribution in [0.3, 0.4) is 0 Å². The number of hydrogen-bond acceptors (Lipinski definition) is 3. The van der Waals surface area contributed by atoms with Gasteiger partial charge in [0, 0.05) is 38.3 Å². The van der Waals surface area contributed by atoms with Gasteiger partial charge in [0.1, 0.15) is 5.75 Å². The van der Waals surface area contributed by atoms with Gasteiger partial charge in [0.05, 0.1) is 13.7 Å². The number of hydrogen-bond donors (Lipinski definition) is 1. The maximum atomic E-state index is 11.2. The summed E-state index contributed by atoms with van der Waals surface area (Å²) in [6.45, 7) is 5.53. The summed E-state index contributed by atoms with van der Waals surface area (Å²) in [6, 6.07) is 13.5. The molecule has 2 rings (SSSR count). The van der Waals surface area contributed by atoms with Crippen LogP contribution in [0.25, 0.3) is 28.3 Å². The molecule has 6 nitrogen and oxygen atoms in total. The average Bonchev–Trinajstić information content (AvgIpc) is 2.85. The maximum Gasteiger partial charge on any atom is 0.371 e. The molecule has 0 aliphatic carbocycles. The molecule has 2 N–H and O–H groups in total.